The molecule has 250 valence electrons. The van der Waals surface area contributed by atoms with Crippen molar-refractivity contribution >= 4 is 83.6 Å². The molecule has 2 atom stereocenters. The summed E-state index contributed by atoms with van der Waals surface area (Å²) in [5.74, 6) is 0. The van der Waals surface area contributed by atoms with E-state index in [1.165, 1.54) is 43.4 Å². The zero-order chi connectivity index (χ0) is 34.0. The zero-order valence-corrected chi connectivity index (χ0v) is 33.7. The van der Waals surface area contributed by atoms with Crippen molar-refractivity contribution in [2.75, 3.05) is 13.2 Å². The van der Waals surface area contributed by atoms with E-state index in [9.17, 15) is 4.79 Å². The van der Waals surface area contributed by atoms with Crippen LogP contribution in [-0.4, -0.2) is 40.3 Å². The summed E-state index contributed by atoms with van der Waals surface area (Å²) in [5, 5.41) is 5.07. The highest BCUT2D eigenvalue weighted by atomic mass is 32.2. The Morgan fingerprint density at radius 3 is 1.02 bits per heavy atom. The minimum atomic E-state index is -2.75. The molecule has 4 aromatic carbocycles. The van der Waals surface area contributed by atoms with Crippen LogP contribution in [0.2, 0.25) is 10.1 Å². The molecule has 0 saturated heterocycles. The largest absolute Gasteiger partial charge is 0.406 e. The molecule has 48 heavy (non-hydrogen) atoms. The van der Waals surface area contributed by atoms with Crippen molar-refractivity contribution in [3.8, 4) is 0 Å². The second kappa shape index (κ2) is 14.6. The van der Waals surface area contributed by atoms with Crippen LogP contribution < -0.4 is 24.8 Å². The molecule has 0 radical (unpaired) electrons. The monoisotopic (exact) mass is 744 g/mol. The summed E-state index contributed by atoms with van der Waals surface area (Å²) in [7, 11) is -5.51. The lowest BCUT2D eigenvalue weighted by Crippen LogP contribution is -2.68. The average molecular weight is 745 g/mol. The Morgan fingerprint density at radius 1 is 0.500 bits per heavy atom. The van der Waals surface area contributed by atoms with E-state index in [0.29, 0.717) is 13.2 Å². The van der Waals surface area contributed by atoms with Gasteiger partial charge >= 0.3 is 0 Å². The lowest BCUT2D eigenvalue weighted by molar-refractivity contribution is 0.259. The summed E-state index contributed by atoms with van der Waals surface area (Å²) in [5.41, 5.74) is 0. The van der Waals surface area contributed by atoms with Crippen molar-refractivity contribution in [3.05, 3.63) is 130 Å². The van der Waals surface area contributed by atoms with Crippen LogP contribution in [0.1, 0.15) is 41.5 Å². The predicted octanol–water partition coefficient (Wildman–Crippen LogP) is 8.26. The minimum absolute atomic E-state index is 0.104. The molecular weight excluding hydrogens is 701 g/mol. The smallest absolute Gasteiger partial charge is 0.289 e. The number of rotatable bonds is 10. The van der Waals surface area contributed by atoms with Gasteiger partial charge in [-0.15, -0.1) is 23.5 Å². The Morgan fingerprint density at radius 2 is 0.771 bits per heavy atom. The molecule has 1 aliphatic rings. The summed E-state index contributed by atoms with van der Waals surface area (Å²) < 4.78 is 17.4. The second-order valence-electron chi connectivity index (χ2n) is 14.3. The predicted molar refractivity (Wildman–Crippen MR) is 215 cm³/mol. The highest BCUT2D eigenvalue weighted by Crippen LogP contribution is 2.50. The maximum Gasteiger partial charge on any atom is 0.289 e. The first-order chi connectivity index (χ1) is 23.0. The fourth-order valence-electron chi connectivity index (χ4n) is 7.05. The Labute approximate surface area is 304 Å². The van der Waals surface area contributed by atoms with Crippen molar-refractivity contribution < 1.29 is 8.85 Å². The van der Waals surface area contributed by atoms with E-state index in [1.807, 2.05) is 23.5 Å². The summed E-state index contributed by atoms with van der Waals surface area (Å²) in [6.07, 6.45) is 0. The maximum absolute atomic E-state index is 12.7. The highest BCUT2D eigenvalue weighted by Gasteiger charge is 2.53. The zero-order valence-electron chi connectivity index (χ0n) is 28.5. The molecule has 0 saturated carbocycles. The molecule has 0 N–H and O–H groups in total. The first kappa shape index (κ1) is 35.6. The molecule has 9 heteroatoms. The summed E-state index contributed by atoms with van der Waals surface area (Å²) in [6.45, 7) is 15.1. The van der Waals surface area contributed by atoms with Gasteiger partial charge in [0.15, 0.2) is 0 Å². The Balaban J connectivity index is 1.40. The fraction of sp³-hybridized carbons (Fsp3) is 0.308. The lowest BCUT2D eigenvalue weighted by atomic mass is 10.2. The molecule has 6 rings (SSSR count). The summed E-state index contributed by atoms with van der Waals surface area (Å²) in [6, 6.07) is 43.4. The van der Waals surface area contributed by atoms with E-state index in [1.54, 1.807) is 0 Å². The lowest BCUT2D eigenvalue weighted by Gasteiger charge is -2.45. The second-order valence-corrected chi connectivity index (χ2v) is 28.1. The Bertz CT molecular complexity index is 1620. The van der Waals surface area contributed by atoms with Gasteiger partial charge in [0.05, 0.1) is 8.42 Å². The van der Waals surface area contributed by atoms with E-state index in [0.717, 1.165) is 8.42 Å². The van der Waals surface area contributed by atoms with E-state index < -0.39 is 16.6 Å². The molecule has 0 unspecified atom stereocenters. The molecular formula is C39H44O3S4Si2. The molecule has 1 aliphatic heterocycles. The number of benzene rings is 4. The highest BCUT2D eigenvalue weighted by molar-refractivity contribution is 8.09. The Hall–Kier alpha value is -2.22. The number of hydrogen-bond acceptors (Lipinski definition) is 7. The topological polar surface area (TPSA) is 35.5 Å². The molecule has 0 aliphatic carbocycles. The van der Waals surface area contributed by atoms with Gasteiger partial charge in [0.2, 0.25) is 0 Å². The number of thioether (sulfide) groups is 2. The maximum atomic E-state index is 12.7. The van der Waals surface area contributed by atoms with Crippen molar-refractivity contribution in [3.63, 3.8) is 0 Å². The van der Waals surface area contributed by atoms with Gasteiger partial charge in [0, 0.05) is 23.7 Å². The van der Waals surface area contributed by atoms with Gasteiger partial charge in [0.25, 0.3) is 20.7 Å². The normalized spacial score (nSPS) is 17.2. The van der Waals surface area contributed by atoms with Crippen LogP contribution in [-0.2, 0) is 8.85 Å². The third-order valence-corrected chi connectivity index (χ3v) is 25.0. The van der Waals surface area contributed by atoms with Crippen LogP contribution >= 0.6 is 46.2 Å². The van der Waals surface area contributed by atoms with Crippen molar-refractivity contribution in [2.45, 2.75) is 70.5 Å². The first-order valence-electron chi connectivity index (χ1n) is 16.4. The van der Waals surface area contributed by atoms with Gasteiger partial charge in [0.1, 0.15) is 0 Å². The molecule has 1 aromatic heterocycles. The van der Waals surface area contributed by atoms with E-state index in [2.05, 4.69) is 163 Å². The van der Waals surface area contributed by atoms with Crippen LogP contribution in [0.3, 0.4) is 0 Å². The number of fused-ring (bicyclic) bond motifs is 1. The van der Waals surface area contributed by atoms with Crippen LogP contribution in [0.4, 0.5) is 0 Å². The molecule has 0 amide bonds. The molecule has 0 bridgehead atoms. The van der Waals surface area contributed by atoms with Gasteiger partial charge < -0.3 is 8.85 Å². The molecule has 0 spiro atoms. The van der Waals surface area contributed by atoms with E-state index in [4.69, 9.17) is 8.85 Å². The van der Waals surface area contributed by atoms with Gasteiger partial charge in [-0.3, -0.25) is 4.79 Å². The van der Waals surface area contributed by atoms with Crippen LogP contribution in [0, 0.1) is 0 Å². The van der Waals surface area contributed by atoms with Crippen LogP contribution in [0.25, 0.3) is 0 Å². The van der Waals surface area contributed by atoms with Crippen molar-refractivity contribution in [1.29, 1.82) is 0 Å². The third kappa shape index (κ3) is 6.90. The minimum Gasteiger partial charge on any atom is -0.406 e. The standard InChI is InChI=1S/C39H44O3S4Si2/c1-38(2,3)47(29-19-11-7-12-20-29,30-21-13-8-14-22-30)41-27-33-34(44-36-35(43-33)45-37(40)46-36)28-42-48(39(4,5)6,31-23-15-9-16-24-31)32-25-17-10-18-26-32/h7-26,33-34H,27-28H2,1-6H3/t33-,34+. The van der Waals surface area contributed by atoms with Crippen molar-refractivity contribution in [1.82, 2.24) is 0 Å². The van der Waals surface area contributed by atoms with Gasteiger partial charge in [-0.2, -0.15) is 0 Å². The van der Waals surface area contributed by atoms with Crippen LogP contribution in [0.5, 0.6) is 0 Å². The summed E-state index contributed by atoms with van der Waals surface area (Å²) in [4.78, 5) is 12.7. The summed E-state index contributed by atoms with van der Waals surface area (Å²) >= 11 is 6.39. The van der Waals surface area contributed by atoms with Gasteiger partial charge in [-0.05, 0) is 30.8 Å². The number of hydrogen-bond donors (Lipinski definition) is 0. The Kier molecular flexibility index (Phi) is 10.8. The SMILES string of the molecule is CC(C)(C)[Si](OC[C@@H]1Sc2sc(=O)sc2S[C@@H]1CO[Si](c1ccccc1)(c1ccccc1)C(C)(C)C)(c1ccccc1)c1ccccc1. The quantitative estimate of drug-likeness (QED) is 0.135. The molecule has 0 fully saturated rings. The van der Waals surface area contributed by atoms with Gasteiger partial charge in [-0.25, -0.2) is 0 Å². The average Bonchev–Trinajstić information content (AvgIpc) is 3.44. The first-order valence-corrected chi connectivity index (χ1v) is 23.6. The van der Waals surface area contributed by atoms with E-state index in [-0.39, 0.29) is 24.6 Å². The van der Waals surface area contributed by atoms with Crippen molar-refractivity contribution in [2.24, 2.45) is 0 Å². The van der Waals surface area contributed by atoms with E-state index >= 15 is 0 Å². The molecule has 3 nitrogen and oxygen atoms in total. The third-order valence-electron chi connectivity index (χ3n) is 9.21. The molecule has 2 heterocycles. The molecule has 5 aromatic rings. The fourth-order valence-corrected chi connectivity index (χ4v) is 22.4. The van der Waals surface area contributed by atoms with Crippen LogP contribution in [0.15, 0.2) is 135 Å². The van der Waals surface area contributed by atoms with Gasteiger partial charge in [-0.1, -0.05) is 186 Å².